The van der Waals surface area contributed by atoms with Crippen LogP contribution in [0.1, 0.15) is 16.7 Å². The molecule has 0 N–H and O–H groups in total. The van der Waals surface area contributed by atoms with Crippen molar-refractivity contribution in [1.82, 2.24) is 0 Å². The number of rotatable bonds is 1. The van der Waals surface area contributed by atoms with Gasteiger partial charge in [0.15, 0.2) is 0 Å². The molecule has 9 rings (SSSR count). The maximum absolute atomic E-state index is 3.06. The van der Waals surface area contributed by atoms with E-state index in [2.05, 4.69) is 161 Å². The van der Waals surface area contributed by atoms with Crippen molar-refractivity contribution in [3.8, 4) is 11.1 Å². The van der Waals surface area contributed by atoms with Crippen LogP contribution in [0.3, 0.4) is 0 Å². The monoisotopic (exact) mass is 780 g/mol. The van der Waals surface area contributed by atoms with Gasteiger partial charge in [-0.15, -0.1) is 93.5 Å². The van der Waals surface area contributed by atoms with Crippen molar-refractivity contribution in [3.63, 3.8) is 0 Å². The minimum atomic E-state index is 0. The molecule has 0 amide bonds. The summed E-state index contributed by atoms with van der Waals surface area (Å²) in [6.07, 6.45) is 0. The Morgan fingerprint density at radius 1 is 0.520 bits per heavy atom. The number of aryl methyl sites for hydroxylation is 3. The summed E-state index contributed by atoms with van der Waals surface area (Å²) in [4.78, 5) is 0. The molecule has 0 heterocycles. The molecule has 4 heteroatoms. The second-order valence-electron chi connectivity index (χ2n) is 11.9. The van der Waals surface area contributed by atoms with Crippen LogP contribution in [0.15, 0.2) is 158 Å². The summed E-state index contributed by atoms with van der Waals surface area (Å²) in [6, 6.07) is 58.9. The third kappa shape index (κ3) is 8.74. The Morgan fingerprint density at radius 3 is 1.68 bits per heavy atom. The van der Waals surface area contributed by atoms with Gasteiger partial charge in [0.05, 0.1) is 0 Å². The quantitative estimate of drug-likeness (QED) is 0.0884. The van der Waals surface area contributed by atoms with Gasteiger partial charge in [-0.2, -0.15) is 48.0 Å². The second-order valence-corrected chi connectivity index (χ2v) is 11.9. The summed E-state index contributed by atoms with van der Waals surface area (Å²) >= 11 is 1.36. The van der Waals surface area contributed by atoms with E-state index in [0.717, 1.165) is 0 Å². The molecule has 0 aliphatic heterocycles. The van der Waals surface area contributed by atoms with E-state index < -0.39 is 0 Å². The van der Waals surface area contributed by atoms with Crippen molar-refractivity contribution in [2.75, 3.05) is 0 Å². The Bertz CT molecular complexity index is 2360. The first-order valence-corrected chi connectivity index (χ1v) is 20.0. The molecule has 2 radical (unpaired) electrons. The van der Waals surface area contributed by atoms with Crippen LogP contribution in [0.5, 0.6) is 0 Å². The number of hydrogen-bond acceptors (Lipinski definition) is 0. The molecular weight excluding hydrogens is 743 g/mol. The molecule has 0 aliphatic carbocycles. The van der Waals surface area contributed by atoms with Crippen LogP contribution in [0.2, 0.25) is 0 Å². The van der Waals surface area contributed by atoms with Gasteiger partial charge in [-0.3, -0.25) is 0 Å². The average Bonchev–Trinajstić information content (AvgIpc) is 3.69. The number of halogens is 2. The fourth-order valence-corrected chi connectivity index (χ4v) is 6.55. The van der Waals surface area contributed by atoms with Gasteiger partial charge >= 0.3 is 30.2 Å². The van der Waals surface area contributed by atoms with Crippen LogP contribution in [0, 0.1) is 34.3 Å². The molecule has 9 aromatic rings. The zero-order valence-electron chi connectivity index (χ0n) is 28.8. The first kappa shape index (κ1) is 40.6. The van der Waals surface area contributed by atoms with Crippen molar-refractivity contribution < 1.29 is 23.3 Å². The standard InChI is InChI=1S/C24H17.C15H13.C6H5.CH3.2ClH.Si.Zr/c1-16-13-14-17-8-6-12-22(24(16)17)23-15-18-7-2-3-9-19(18)20-10-4-5-11-21(20)23;1-10-3-5-14-12(7-10)9-13-8-11(2)4-6-15(13)14;1-2-4-6-5-3-1;;;;;/h2-15H,1H3;3-9H,1-2H3;1-5H;1H3;2*1H;;/q4*-1;;;;. The van der Waals surface area contributed by atoms with Crippen molar-refractivity contribution in [3.05, 3.63) is 188 Å². The molecule has 0 aliphatic rings. The Kier molecular flexibility index (Phi) is 15.4. The summed E-state index contributed by atoms with van der Waals surface area (Å²) in [5.74, 6) is 0. The largest absolute Gasteiger partial charge is 0.184 e. The van der Waals surface area contributed by atoms with Gasteiger partial charge in [0.2, 0.25) is 0 Å². The van der Waals surface area contributed by atoms with E-state index in [4.69, 9.17) is 0 Å². The van der Waals surface area contributed by atoms with Crippen molar-refractivity contribution >= 4 is 85.6 Å². The van der Waals surface area contributed by atoms with Crippen molar-refractivity contribution in [2.45, 2.75) is 20.8 Å². The van der Waals surface area contributed by atoms with E-state index in [9.17, 15) is 0 Å². The Balaban J connectivity index is 0.000000224. The van der Waals surface area contributed by atoms with E-state index in [0.29, 0.717) is 0 Å². The third-order valence-corrected chi connectivity index (χ3v) is 8.68. The van der Waals surface area contributed by atoms with Crippen molar-refractivity contribution in [1.29, 1.82) is 0 Å². The molecule has 0 unspecified atom stereocenters. The summed E-state index contributed by atoms with van der Waals surface area (Å²) in [5, 5.41) is 13.4. The van der Waals surface area contributed by atoms with E-state index in [-0.39, 0.29) is 32.2 Å². The Morgan fingerprint density at radius 2 is 1.10 bits per heavy atom. The van der Waals surface area contributed by atoms with Crippen LogP contribution < -0.4 is 0 Å². The van der Waals surface area contributed by atoms with E-state index in [1.807, 2.05) is 30.3 Å². The van der Waals surface area contributed by atoms with Crippen LogP contribution in [0.25, 0.3) is 65.0 Å². The fraction of sp³-hybridized carbons (Fsp3) is 0.0652. The third-order valence-electron chi connectivity index (χ3n) is 8.68. The van der Waals surface area contributed by atoms with Gasteiger partial charge in [0.1, 0.15) is 0 Å². The number of hydrogen-bond donors (Lipinski definition) is 0. The zero-order chi connectivity index (χ0) is 32.8. The maximum Gasteiger partial charge on any atom is -0.171 e. The Labute approximate surface area is 326 Å². The molecule has 0 fully saturated rings. The second kappa shape index (κ2) is 19.0. The van der Waals surface area contributed by atoms with Crippen molar-refractivity contribution in [2.24, 2.45) is 0 Å². The van der Waals surface area contributed by atoms with Crippen LogP contribution in [0.4, 0.5) is 0 Å². The predicted octanol–water partition coefficient (Wildman–Crippen LogP) is 13.6. The fourth-order valence-electron chi connectivity index (χ4n) is 6.55. The SMILES string of the molecule is Cc1c[cH-]c2cccc(-c3cc4ccccc4c4ccccc34)c12.Cc1ccc2c(c1)[cH-]c1cc(C)ccc12.Cl.Cl.[CH3-].[Si]=[Zr].[c-]1ccccc1. The number of benzene rings is 7. The topological polar surface area (TPSA) is 0 Å². The smallest absolute Gasteiger partial charge is 0.171 e. The van der Waals surface area contributed by atoms with Gasteiger partial charge in [0.25, 0.3) is 0 Å². The van der Waals surface area contributed by atoms with Gasteiger partial charge in [-0.1, -0.05) is 102 Å². The molecule has 0 aromatic heterocycles. The number of fused-ring (bicyclic) bond motifs is 7. The van der Waals surface area contributed by atoms with E-state index >= 15 is 0 Å². The Hall–Kier alpha value is -3.78. The first-order valence-electron chi connectivity index (χ1n) is 15.9. The summed E-state index contributed by atoms with van der Waals surface area (Å²) in [5.41, 5.74) is 6.66. The first-order chi connectivity index (χ1) is 23.1. The summed E-state index contributed by atoms with van der Waals surface area (Å²) in [7, 11) is 0. The van der Waals surface area contributed by atoms with Gasteiger partial charge in [0, 0.05) is 0 Å². The normalized spacial score (nSPS) is 9.96. The predicted molar refractivity (Wildman–Crippen MR) is 223 cm³/mol. The minimum Gasteiger partial charge on any atom is -0.184 e. The summed E-state index contributed by atoms with van der Waals surface area (Å²) < 4.78 is 0. The van der Waals surface area contributed by atoms with Crippen LogP contribution in [-0.4, -0.2) is 6.88 Å². The zero-order valence-corrected chi connectivity index (χ0v) is 33.9. The van der Waals surface area contributed by atoms with Gasteiger partial charge < -0.3 is 7.43 Å². The van der Waals surface area contributed by atoms with Gasteiger partial charge in [-0.05, 0) is 47.0 Å². The molecule has 0 atom stereocenters. The molecule has 250 valence electrons. The van der Waals surface area contributed by atoms with E-state index in [1.54, 1.807) is 0 Å². The summed E-state index contributed by atoms with van der Waals surface area (Å²) in [6.45, 7) is 9.55. The maximum atomic E-state index is 3.06. The molecule has 9 aromatic carbocycles. The molecular formula is C46H40Cl2SiZr-4. The van der Waals surface area contributed by atoms with E-state index in [1.165, 1.54) is 105 Å². The molecule has 0 bridgehead atoms. The molecule has 0 saturated heterocycles. The van der Waals surface area contributed by atoms with Crippen LogP contribution in [-0.2, 0) is 23.3 Å². The molecule has 0 nitrogen and oxygen atoms in total. The average molecular weight is 783 g/mol. The molecule has 50 heavy (non-hydrogen) atoms. The van der Waals surface area contributed by atoms with Gasteiger partial charge in [-0.25, -0.2) is 0 Å². The molecule has 0 spiro atoms. The van der Waals surface area contributed by atoms with Crippen LogP contribution >= 0.6 is 24.8 Å². The minimum absolute atomic E-state index is 0. The molecule has 0 saturated carbocycles.